The minimum absolute atomic E-state index is 0.345. The van der Waals surface area contributed by atoms with E-state index in [1.807, 2.05) is 0 Å². The molecule has 0 radical (unpaired) electrons. The lowest BCUT2D eigenvalue weighted by atomic mass is 9.87. The molecular weight excluding hydrogens is 318 g/mol. The third-order valence-corrected chi connectivity index (χ3v) is 5.31. The van der Waals surface area contributed by atoms with Crippen molar-refractivity contribution >= 4 is 38.9 Å². The number of halogens is 2. The lowest BCUT2D eigenvalue weighted by Crippen LogP contribution is -2.30. The van der Waals surface area contributed by atoms with E-state index in [1.165, 1.54) is 17.7 Å². The van der Waals surface area contributed by atoms with Gasteiger partial charge >= 0.3 is 0 Å². The Bertz CT molecular complexity index is 330. The molecule has 0 aromatic carbocycles. The molecule has 1 heterocycles. The Morgan fingerprint density at radius 3 is 2.71 bits per heavy atom. The minimum Gasteiger partial charge on any atom is -0.316 e. The van der Waals surface area contributed by atoms with Gasteiger partial charge in [0, 0.05) is 11.4 Å². The molecule has 1 nitrogen and oxygen atoms in total. The summed E-state index contributed by atoms with van der Waals surface area (Å²) in [7, 11) is 0. The van der Waals surface area contributed by atoms with Crippen LogP contribution in [0.25, 0.3) is 0 Å². The summed E-state index contributed by atoms with van der Waals surface area (Å²) in [5.74, 6) is 0. The van der Waals surface area contributed by atoms with Crippen molar-refractivity contribution in [3.05, 3.63) is 19.8 Å². The molecule has 0 aliphatic heterocycles. The maximum Gasteiger partial charge on any atom is 0.0887 e. The SMILES string of the molecule is CCCNCC(C)(C)CCc1cc(Cl)c(Br)s1. The second kappa shape index (κ2) is 7.13. The average molecular weight is 339 g/mol. The van der Waals surface area contributed by atoms with Gasteiger partial charge in [0.05, 0.1) is 8.81 Å². The lowest BCUT2D eigenvalue weighted by molar-refractivity contribution is 0.316. The molecule has 1 rings (SSSR count). The van der Waals surface area contributed by atoms with Crippen molar-refractivity contribution in [1.82, 2.24) is 5.32 Å². The van der Waals surface area contributed by atoms with Crippen LogP contribution in [0.2, 0.25) is 5.02 Å². The van der Waals surface area contributed by atoms with Crippen LogP contribution < -0.4 is 5.32 Å². The van der Waals surface area contributed by atoms with Crippen molar-refractivity contribution in [3.8, 4) is 0 Å². The zero-order chi connectivity index (χ0) is 12.9. The second-order valence-electron chi connectivity index (χ2n) is 5.18. The third-order valence-electron chi connectivity index (χ3n) is 2.77. The summed E-state index contributed by atoms with van der Waals surface area (Å²) in [4.78, 5) is 1.37. The molecule has 0 saturated heterocycles. The van der Waals surface area contributed by atoms with Gasteiger partial charge in [-0.05, 0) is 53.2 Å². The normalized spacial score (nSPS) is 12.1. The van der Waals surface area contributed by atoms with Gasteiger partial charge in [-0.2, -0.15) is 0 Å². The maximum absolute atomic E-state index is 6.03. The molecular formula is C13H21BrClNS. The number of aryl methyl sites for hydroxylation is 1. The van der Waals surface area contributed by atoms with E-state index in [1.54, 1.807) is 11.3 Å². The molecule has 0 fully saturated rings. The van der Waals surface area contributed by atoms with Crippen molar-refractivity contribution in [2.75, 3.05) is 13.1 Å². The molecule has 17 heavy (non-hydrogen) atoms. The summed E-state index contributed by atoms with van der Waals surface area (Å²) >= 11 is 11.2. The Morgan fingerprint density at radius 2 is 2.18 bits per heavy atom. The van der Waals surface area contributed by atoms with Crippen molar-refractivity contribution in [2.24, 2.45) is 5.41 Å². The summed E-state index contributed by atoms with van der Waals surface area (Å²) < 4.78 is 1.05. The van der Waals surface area contributed by atoms with Crippen LogP contribution in [0, 0.1) is 5.41 Å². The Hall–Kier alpha value is 0.430. The Kier molecular flexibility index (Phi) is 6.49. The predicted molar refractivity (Wildman–Crippen MR) is 82.3 cm³/mol. The highest BCUT2D eigenvalue weighted by molar-refractivity contribution is 9.11. The summed E-state index contributed by atoms with van der Waals surface area (Å²) in [6.45, 7) is 9.03. The zero-order valence-corrected chi connectivity index (χ0v) is 13.9. The van der Waals surface area contributed by atoms with E-state index in [2.05, 4.69) is 48.1 Å². The molecule has 1 aromatic rings. The highest BCUT2D eigenvalue weighted by Gasteiger charge is 2.17. The van der Waals surface area contributed by atoms with Gasteiger partial charge in [0.15, 0.2) is 0 Å². The number of nitrogens with one attached hydrogen (secondary N) is 1. The summed E-state index contributed by atoms with van der Waals surface area (Å²) in [6, 6.07) is 2.08. The molecule has 0 bridgehead atoms. The van der Waals surface area contributed by atoms with Gasteiger partial charge in [-0.3, -0.25) is 0 Å². The van der Waals surface area contributed by atoms with E-state index >= 15 is 0 Å². The van der Waals surface area contributed by atoms with Crippen molar-refractivity contribution < 1.29 is 0 Å². The number of rotatable bonds is 7. The van der Waals surface area contributed by atoms with E-state index in [4.69, 9.17) is 11.6 Å². The molecule has 1 aromatic heterocycles. The Morgan fingerprint density at radius 1 is 1.47 bits per heavy atom. The topological polar surface area (TPSA) is 12.0 Å². The maximum atomic E-state index is 6.03. The average Bonchev–Trinajstić information content (AvgIpc) is 2.56. The van der Waals surface area contributed by atoms with E-state index < -0.39 is 0 Å². The quantitative estimate of drug-likeness (QED) is 0.680. The van der Waals surface area contributed by atoms with Crippen LogP contribution in [-0.4, -0.2) is 13.1 Å². The largest absolute Gasteiger partial charge is 0.316 e. The predicted octanol–water partition coefficient (Wildman–Crippen LogP) is 5.12. The molecule has 0 saturated carbocycles. The number of thiophene rings is 1. The first kappa shape index (κ1) is 15.5. The van der Waals surface area contributed by atoms with Crippen LogP contribution in [0.15, 0.2) is 9.85 Å². The van der Waals surface area contributed by atoms with Crippen LogP contribution in [0.1, 0.15) is 38.5 Å². The van der Waals surface area contributed by atoms with Crippen molar-refractivity contribution in [3.63, 3.8) is 0 Å². The monoisotopic (exact) mass is 337 g/mol. The fourth-order valence-electron chi connectivity index (χ4n) is 1.67. The van der Waals surface area contributed by atoms with Gasteiger partial charge in [-0.25, -0.2) is 0 Å². The fraction of sp³-hybridized carbons (Fsp3) is 0.692. The Labute approximate surface area is 122 Å². The standard InChI is InChI=1S/C13H21BrClNS/c1-4-7-16-9-13(2,3)6-5-10-8-11(15)12(14)17-10/h8,16H,4-7,9H2,1-3H3. The first-order valence-corrected chi connectivity index (χ1v) is 8.08. The van der Waals surface area contributed by atoms with Crippen LogP contribution in [-0.2, 0) is 6.42 Å². The Balaban J connectivity index is 2.38. The first-order chi connectivity index (χ1) is 7.94. The van der Waals surface area contributed by atoms with Gasteiger partial charge in [0.1, 0.15) is 0 Å². The molecule has 0 aliphatic carbocycles. The highest BCUT2D eigenvalue weighted by atomic mass is 79.9. The highest BCUT2D eigenvalue weighted by Crippen LogP contribution is 2.34. The van der Waals surface area contributed by atoms with Crippen molar-refractivity contribution in [1.29, 1.82) is 0 Å². The summed E-state index contributed by atoms with van der Waals surface area (Å²) in [5, 5.41) is 4.34. The van der Waals surface area contributed by atoms with Crippen LogP contribution in [0.5, 0.6) is 0 Å². The summed E-state index contributed by atoms with van der Waals surface area (Å²) in [5.41, 5.74) is 0.345. The molecule has 0 atom stereocenters. The van der Waals surface area contributed by atoms with Crippen molar-refractivity contribution in [2.45, 2.75) is 40.0 Å². The van der Waals surface area contributed by atoms with E-state index in [0.717, 1.165) is 28.3 Å². The van der Waals surface area contributed by atoms with E-state index in [9.17, 15) is 0 Å². The first-order valence-electron chi connectivity index (χ1n) is 6.09. The fourth-order valence-corrected chi connectivity index (χ4v) is 3.49. The van der Waals surface area contributed by atoms with E-state index in [0.29, 0.717) is 5.41 Å². The molecule has 0 aliphatic rings. The van der Waals surface area contributed by atoms with Gasteiger partial charge in [-0.15, -0.1) is 11.3 Å². The van der Waals surface area contributed by atoms with Gasteiger partial charge in [0.2, 0.25) is 0 Å². The molecule has 0 spiro atoms. The van der Waals surface area contributed by atoms with Gasteiger partial charge in [0.25, 0.3) is 0 Å². The number of hydrogen-bond donors (Lipinski definition) is 1. The summed E-state index contributed by atoms with van der Waals surface area (Å²) in [6.07, 6.45) is 3.49. The minimum atomic E-state index is 0.345. The zero-order valence-electron chi connectivity index (χ0n) is 10.8. The molecule has 4 heteroatoms. The third kappa shape index (κ3) is 5.73. The van der Waals surface area contributed by atoms with Gasteiger partial charge in [-0.1, -0.05) is 32.4 Å². The second-order valence-corrected chi connectivity index (χ2v) is 8.04. The van der Waals surface area contributed by atoms with E-state index in [-0.39, 0.29) is 0 Å². The van der Waals surface area contributed by atoms with Crippen LogP contribution >= 0.6 is 38.9 Å². The van der Waals surface area contributed by atoms with Gasteiger partial charge < -0.3 is 5.32 Å². The smallest absolute Gasteiger partial charge is 0.0887 e. The molecule has 1 N–H and O–H groups in total. The van der Waals surface area contributed by atoms with Crippen LogP contribution in [0.4, 0.5) is 0 Å². The lowest BCUT2D eigenvalue weighted by Gasteiger charge is -2.24. The molecule has 0 amide bonds. The van der Waals surface area contributed by atoms with Crippen LogP contribution in [0.3, 0.4) is 0 Å². The molecule has 98 valence electrons. The number of hydrogen-bond acceptors (Lipinski definition) is 2. The molecule has 0 unspecified atom stereocenters.